The van der Waals surface area contributed by atoms with E-state index < -0.39 is 0 Å². The molecular formula is C20H16O. The normalized spacial score (nSPS) is 11.5. The van der Waals surface area contributed by atoms with Gasteiger partial charge in [0.05, 0.1) is 0 Å². The van der Waals surface area contributed by atoms with Gasteiger partial charge in [-0.15, -0.1) is 0 Å². The van der Waals surface area contributed by atoms with E-state index in [0.717, 1.165) is 0 Å². The van der Waals surface area contributed by atoms with Gasteiger partial charge in [-0.05, 0) is 44.3 Å². The Morgan fingerprint density at radius 3 is 2.19 bits per heavy atom. The fraction of sp³-hybridized carbons (Fsp3) is 0.100. The Bertz CT molecular complexity index is 954. The molecule has 4 aromatic rings. The summed E-state index contributed by atoms with van der Waals surface area (Å²) >= 11 is 0. The Kier molecular flexibility index (Phi) is 2.87. The number of rotatable bonds is 2. The largest absolute Gasteiger partial charge is 0.396 e. The third-order valence-electron chi connectivity index (χ3n) is 4.21. The first kappa shape index (κ1) is 12.4. The third kappa shape index (κ3) is 1.90. The van der Waals surface area contributed by atoms with Crippen LogP contribution in [0.4, 0.5) is 0 Å². The summed E-state index contributed by atoms with van der Waals surface area (Å²) in [6, 6.07) is 23.6. The van der Waals surface area contributed by atoms with Crippen molar-refractivity contribution in [1.82, 2.24) is 0 Å². The van der Waals surface area contributed by atoms with Crippen LogP contribution in [-0.2, 0) is 6.42 Å². The van der Waals surface area contributed by atoms with E-state index in [2.05, 4.69) is 66.7 Å². The summed E-state index contributed by atoms with van der Waals surface area (Å²) in [6.07, 6.45) is 0.690. The number of benzene rings is 4. The highest BCUT2D eigenvalue weighted by Crippen LogP contribution is 2.34. The predicted molar refractivity (Wildman–Crippen MR) is 89.7 cm³/mol. The average Bonchev–Trinajstić information content (AvgIpc) is 2.54. The van der Waals surface area contributed by atoms with E-state index in [9.17, 15) is 5.11 Å². The molecule has 0 saturated carbocycles. The maximum Gasteiger partial charge on any atom is 0.0471 e. The summed E-state index contributed by atoms with van der Waals surface area (Å²) in [7, 11) is 0. The van der Waals surface area contributed by atoms with Crippen molar-refractivity contribution in [2.75, 3.05) is 6.61 Å². The highest BCUT2D eigenvalue weighted by molar-refractivity contribution is 6.18. The second-order valence-electron chi connectivity index (χ2n) is 5.44. The zero-order valence-electron chi connectivity index (χ0n) is 11.7. The minimum absolute atomic E-state index is 0.177. The van der Waals surface area contributed by atoms with Crippen molar-refractivity contribution in [3.05, 3.63) is 72.3 Å². The van der Waals surface area contributed by atoms with Gasteiger partial charge < -0.3 is 5.11 Å². The minimum atomic E-state index is 0.177. The van der Waals surface area contributed by atoms with Crippen LogP contribution in [0, 0.1) is 0 Å². The first-order valence-corrected chi connectivity index (χ1v) is 7.31. The first-order valence-electron chi connectivity index (χ1n) is 7.31. The monoisotopic (exact) mass is 272 g/mol. The van der Waals surface area contributed by atoms with Crippen LogP contribution in [0.3, 0.4) is 0 Å². The lowest BCUT2D eigenvalue weighted by Crippen LogP contribution is -1.94. The van der Waals surface area contributed by atoms with Crippen molar-refractivity contribution in [2.24, 2.45) is 0 Å². The van der Waals surface area contributed by atoms with Crippen LogP contribution in [-0.4, -0.2) is 11.7 Å². The molecule has 0 aromatic heterocycles. The summed E-state index contributed by atoms with van der Waals surface area (Å²) in [4.78, 5) is 0. The van der Waals surface area contributed by atoms with Crippen LogP contribution < -0.4 is 0 Å². The molecule has 0 unspecified atom stereocenters. The second kappa shape index (κ2) is 4.87. The number of aliphatic hydroxyl groups is 1. The zero-order chi connectivity index (χ0) is 14.2. The molecule has 0 aliphatic rings. The number of hydrogen-bond donors (Lipinski definition) is 1. The summed E-state index contributed by atoms with van der Waals surface area (Å²) < 4.78 is 0. The molecule has 1 nitrogen and oxygen atoms in total. The van der Waals surface area contributed by atoms with E-state index in [0.29, 0.717) is 6.42 Å². The van der Waals surface area contributed by atoms with Crippen molar-refractivity contribution in [3.63, 3.8) is 0 Å². The summed E-state index contributed by atoms with van der Waals surface area (Å²) in [5, 5.41) is 17.0. The summed E-state index contributed by atoms with van der Waals surface area (Å²) in [5.74, 6) is 0. The highest BCUT2D eigenvalue weighted by atomic mass is 16.2. The Morgan fingerprint density at radius 2 is 1.38 bits per heavy atom. The van der Waals surface area contributed by atoms with Crippen LogP contribution in [0.25, 0.3) is 32.3 Å². The van der Waals surface area contributed by atoms with Crippen LogP contribution in [0.1, 0.15) is 5.56 Å². The highest BCUT2D eigenvalue weighted by Gasteiger charge is 2.09. The van der Waals surface area contributed by atoms with Gasteiger partial charge in [0.25, 0.3) is 0 Å². The van der Waals surface area contributed by atoms with Crippen molar-refractivity contribution in [1.29, 1.82) is 0 Å². The molecule has 0 aliphatic carbocycles. The molecule has 0 saturated heterocycles. The van der Waals surface area contributed by atoms with Crippen LogP contribution in [0.2, 0.25) is 0 Å². The van der Waals surface area contributed by atoms with Gasteiger partial charge in [-0.25, -0.2) is 0 Å². The van der Waals surface area contributed by atoms with Gasteiger partial charge in [0.1, 0.15) is 0 Å². The Labute approximate surface area is 123 Å². The standard InChI is InChI=1S/C20H16O/c21-12-11-16-13-15-6-2-3-7-17(15)19-10-9-14-5-1-4-8-18(14)20(16)19/h1-10,13,21H,11-12H2. The lowest BCUT2D eigenvalue weighted by molar-refractivity contribution is 0.300. The fourth-order valence-corrected chi connectivity index (χ4v) is 3.29. The Balaban J connectivity index is 2.27. The average molecular weight is 272 g/mol. The molecule has 0 radical (unpaired) electrons. The van der Waals surface area contributed by atoms with Crippen LogP contribution in [0.5, 0.6) is 0 Å². The minimum Gasteiger partial charge on any atom is -0.396 e. The second-order valence-corrected chi connectivity index (χ2v) is 5.44. The number of hydrogen-bond acceptors (Lipinski definition) is 1. The summed E-state index contributed by atoms with van der Waals surface area (Å²) in [6.45, 7) is 0.177. The quantitative estimate of drug-likeness (QED) is 0.525. The predicted octanol–water partition coefficient (Wildman–Crippen LogP) is 4.68. The van der Waals surface area contributed by atoms with E-state index in [1.807, 2.05) is 0 Å². The molecule has 4 rings (SSSR count). The molecule has 0 amide bonds. The molecule has 1 N–H and O–H groups in total. The van der Waals surface area contributed by atoms with E-state index in [-0.39, 0.29) is 6.61 Å². The van der Waals surface area contributed by atoms with Gasteiger partial charge in [-0.1, -0.05) is 66.7 Å². The zero-order valence-corrected chi connectivity index (χ0v) is 11.7. The van der Waals surface area contributed by atoms with Gasteiger partial charge in [0, 0.05) is 6.61 Å². The molecular weight excluding hydrogens is 256 g/mol. The van der Waals surface area contributed by atoms with Gasteiger partial charge in [-0.2, -0.15) is 0 Å². The molecule has 4 aromatic carbocycles. The molecule has 1 heteroatoms. The smallest absolute Gasteiger partial charge is 0.0471 e. The van der Waals surface area contributed by atoms with Crippen molar-refractivity contribution in [2.45, 2.75) is 6.42 Å². The van der Waals surface area contributed by atoms with Crippen molar-refractivity contribution < 1.29 is 5.11 Å². The van der Waals surface area contributed by atoms with Crippen molar-refractivity contribution in [3.8, 4) is 0 Å². The van der Waals surface area contributed by atoms with Gasteiger partial charge in [-0.3, -0.25) is 0 Å². The maximum absolute atomic E-state index is 9.42. The molecule has 0 bridgehead atoms. The van der Waals surface area contributed by atoms with E-state index in [4.69, 9.17) is 0 Å². The molecule has 0 aliphatic heterocycles. The molecule has 21 heavy (non-hydrogen) atoms. The molecule has 0 heterocycles. The van der Waals surface area contributed by atoms with Gasteiger partial charge in [0.15, 0.2) is 0 Å². The van der Waals surface area contributed by atoms with Crippen molar-refractivity contribution >= 4 is 32.3 Å². The topological polar surface area (TPSA) is 20.2 Å². The van der Waals surface area contributed by atoms with E-state index in [1.54, 1.807) is 0 Å². The lowest BCUT2D eigenvalue weighted by atomic mass is 9.92. The SMILES string of the molecule is OCCc1cc2ccccc2c2ccc3ccccc3c12. The lowest BCUT2D eigenvalue weighted by Gasteiger charge is -2.12. The van der Waals surface area contributed by atoms with E-state index in [1.165, 1.54) is 37.9 Å². The third-order valence-corrected chi connectivity index (χ3v) is 4.21. The van der Waals surface area contributed by atoms with Gasteiger partial charge >= 0.3 is 0 Å². The summed E-state index contributed by atoms with van der Waals surface area (Å²) in [5.41, 5.74) is 1.23. The molecule has 102 valence electrons. The molecule has 0 fully saturated rings. The Morgan fingerprint density at radius 1 is 0.667 bits per heavy atom. The maximum atomic E-state index is 9.42. The number of aliphatic hydroxyl groups excluding tert-OH is 1. The first-order chi connectivity index (χ1) is 10.4. The van der Waals surface area contributed by atoms with Crippen LogP contribution in [0.15, 0.2) is 66.7 Å². The van der Waals surface area contributed by atoms with E-state index >= 15 is 0 Å². The fourth-order valence-electron chi connectivity index (χ4n) is 3.29. The number of fused-ring (bicyclic) bond motifs is 5. The molecule has 0 atom stereocenters. The van der Waals surface area contributed by atoms with Gasteiger partial charge in [0.2, 0.25) is 0 Å². The van der Waals surface area contributed by atoms with Crippen LogP contribution >= 0.6 is 0 Å². The molecule has 0 spiro atoms. The Hall–Kier alpha value is -2.38.